The number of hydrogen-bond acceptors (Lipinski definition) is 3. The molecule has 0 aromatic rings. The summed E-state index contributed by atoms with van der Waals surface area (Å²) in [6, 6.07) is -0.308. The first-order valence-corrected chi connectivity index (χ1v) is 6.18. The highest BCUT2D eigenvalue weighted by molar-refractivity contribution is 8.00. The maximum Gasteiger partial charge on any atom is 0.239 e. The lowest BCUT2D eigenvalue weighted by Crippen LogP contribution is -2.50. The predicted octanol–water partition coefficient (Wildman–Crippen LogP) is 1.08. The van der Waals surface area contributed by atoms with E-state index in [9.17, 15) is 4.79 Å². The molecule has 0 aliphatic carbocycles. The third kappa shape index (κ3) is 2.89. The molecule has 1 aliphatic heterocycles. The van der Waals surface area contributed by atoms with Gasteiger partial charge in [-0.05, 0) is 6.42 Å². The number of nitrogens with zero attached hydrogens (tertiary/aromatic N) is 1. The Morgan fingerprint density at radius 3 is 2.43 bits per heavy atom. The average Bonchev–Trinajstić information content (AvgIpc) is 2.14. The molecule has 1 amide bonds. The molecule has 1 heterocycles. The molecule has 0 aromatic carbocycles. The van der Waals surface area contributed by atoms with Gasteiger partial charge >= 0.3 is 0 Å². The van der Waals surface area contributed by atoms with Gasteiger partial charge in [0.15, 0.2) is 0 Å². The first-order chi connectivity index (χ1) is 6.54. The van der Waals surface area contributed by atoms with Crippen LogP contribution in [0.2, 0.25) is 0 Å². The van der Waals surface area contributed by atoms with Crippen molar-refractivity contribution in [2.24, 2.45) is 5.73 Å². The summed E-state index contributed by atoms with van der Waals surface area (Å²) >= 11 is 1.95. The molecule has 1 aliphatic rings. The van der Waals surface area contributed by atoms with E-state index < -0.39 is 0 Å². The lowest BCUT2D eigenvalue weighted by atomic mass is 10.2. The van der Waals surface area contributed by atoms with Gasteiger partial charge in [0.25, 0.3) is 0 Å². The summed E-state index contributed by atoms with van der Waals surface area (Å²) in [6.07, 6.45) is 0.727. The summed E-state index contributed by atoms with van der Waals surface area (Å²) < 4.78 is 0. The fourth-order valence-electron chi connectivity index (χ4n) is 1.77. The van der Waals surface area contributed by atoms with Gasteiger partial charge < -0.3 is 10.6 Å². The van der Waals surface area contributed by atoms with E-state index in [2.05, 4.69) is 13.8 Å². The Labute approximate surface area is 90.4 Å². The number of thioether (sulfide) groups is 1. The van der Waals surface area contributed by atoms with E-state index in [1.807, 2.05) is 23.6 Å². The predicted molar refractivity (Wildman–Crippen MR) is 61.4 cm³/mol. The molecule has 3 atom stereocenters. The van der Waals surface area contributed by atoms with Gasteiger partial charge in [-0.15, -0.1) is 0 Å². The van der Waals surface area contributed by atoms with Gasteiger partial charge in [-0.1, -0.05) is 20.8 Å². The van der Waals surface area contributed by atoms with Crippen molar-refractivity contribution in [3.63, 3.8) is 0 Å². The van der Waals surface area contributed by atoms with Crippen LogP contribution in [-0.4, -0.2) is 40.4 Å². The minimum absolute atomic E-state index is 0.117. The third-order valence-electron chi connectivity index (χ3n) is 2.49. The molecule has 0 radical (unpaired) electrons. The molecule has 1 fully saturated rings. The van der Waals surface area contributed by atoms with Crippen LogP contribution in [0.1, 0.15) is 27.2 Å². The zero-order valence-electron chi connectivity index (χ0n) is 9.19. The number of carbonyl (C=O) groups is 1. The number of nitrogens with two attached hydrogens (primary N) is 1. The minimum Gasteiger partial charge on any atom is -0.339 e. The quantitative estimate of drug-likeness (QED) is 0.751. The lowest BCUT2D eigenvalue weighted by Gasteiger charge is -2.35. The second-order valence-corrected chi connectivity index (χ2v) is 5.90. The monoisotopic (exact) mass is 216 g/mol. The van der Waals surface area contributed by atoms with E-state index in [4.69, 9.17) is 5.73 Å². The van der Waals surface area contributed by atoms with E-state index in [1.165, 1.54) is 0 Å². The molecule has 14 heavy (non-hydrogen) atoms. The maximum absolute atomic E-state index is 11.8. The molecule has 1 saturated heterocycles. The van der Waals surface area contributed by atoms with Crippen molar-refractivity contribution in [1.29, 1.82) is 0 Å². The van der Waals surface area contributed by atoms with Gasteiger partial charge in [0.2, 0.25) is 5.91 Å². The van der Waals surface area contributed by atoms with E-state index in [-0.39, 0.29) is 11.9 Å². The van der Waals surface area contributed by atoms with Gasteiger partial charge in [-0.25, -0.2) is 0 Å². The SMILES string of the molecule is CC[C@@H](N)C(=O)N1CC(C)SC(C)C1. The molecule has 0 bridgehead atoms. The van der Waals surface area contributed by atoms with Crippen molar-refractivity contribution in [3.8, 4) is 0 Å². The first kappa shape index (κ1) is 11.9. The Balaban J connectivity index is 2.54. The second-order valence-electron chi connectivity index (χ2n) is 4.02. The Kier molecular flexibility index (Phi) is 4.26. The van der Waals surface area contributed by atoms with Crippen LogP contribution in [0.3, 0.4) is 0 Å². The van der Waals surface area contributed by atoms with Gasteiger partial charge in [0, 0.05) is 23.6 Å². The molecule has 4 heteroatoms. The Bertz CT molecular complexity index is 200. The second kappa shape index (κ2) is 5.03. The van der Waals surface area contributed by atoms with Gasteiger partial charge in [-0.3, -0.25) is 4.79 Å². The number of amides is 1. The number of carbonyl (C=O) groups excluding carboxylic acids is 1. The van der Waals surface area contributed by atoms with Crippen LogP contribution < -0.4 is 5.73 Å². The highest BCUT2D eigenvalue weighted by Crippen LogP contribution is 2.24. The van der Waals surface area contributed by atoms with Gasteiger partial charge in [0.05, 0.1) is 6.04 Å². The van der Waals surface area contributed by atoms with Crippen molar-refractivity contribution >= 4 is 17.7 Å². The Hall–Kier alpha value is -0.220. The van der Waals surface area contributed by atoms with Crippen LogP contribution >= 0.6 is 11.8 Å². The number of rotatable bonds is 2. The Morgan fingerprint density at radius 1 is 1.50 bits per heavy atom. The standard InChI is InChI=1S/C10H20N2OS/c1-4-9(11)10(13)12-5-7(2)14-8(3)6-12/h7-9H,4-6,11H2,1-3H3/t7?,8?,9-/m1/s1. The van der Waals surface area contributed by atoms with Crippen molar-refractivity contribution < 1.29 is 4.79 Å². The largest absolute Gasteiger partial charge is 0.339 e. The molecule has 0 saturated carbocycles. The first-order valence-electron chi connectivity index (χ1n) is 5.24. The van der Waals surface area contributed by atoms with Gasteiger partial charge in [-0.2, -0.15) is 11.8 Å². The van der Waals surface area contributed by atoms with Crippen molar-refractivity contribution in [3.05, 3.63) is 0 Å². The summed E-state index contributed by atoms with van der Waals surface area (Å²) in [5, 5.41) is 1.07. The molecule has 2 N–H and O–H groups in total. The molecule has 0 spiro atoms. The molecule has 0 aromatic heterocycles. The fraction of sp³-hybridized carbons (Fsp3) is 0.900. The Morgan fingerprint density at radius 2 is 2.00 bits per heavy atom. The van der Waals surface area contributed by atoms with Crippen LogP contribution in [-0.2, 0) is 4.79 Å². The van der Waals surface area contributed by atoms with Crippen LogP contribution in [0.5, 0.6) is 0 Å². The van der Waals surface area contributed by atoms with E-state index in [0.29, 0.717) is 10.5 Å². The normalized spacial score (nSPS) is 30.1. The zero-order chi connectivity index (χ0) is 10.7. The highest BCUT2D eigenvalue weighted by atomic mass is 32.2. The summed E-state index contributed by atoms with van der Waals surface area (Å²) in [7, 11) is 0. The topological polar surface area (TPSA) is 46.3 Å². The lowest BCUT2D eigenvalue weighted by molar-refractivity contribution is -0.132. The van der Waals surface area contributed by atoms with E-state index >= 15 is 0 Å². The van der Waals surface area contributed by atoms with Gasteiger partial charge in [0.1, 0.15) is 0 Å². The van der Waals surface area contributed by atoms with Crippen molar-refractivity contribution in [2.45, 2.75) is 43.7 Å². The number of hydrogen-bond donors (Lipinski definition) is 1. The molecule has 1 rings (SSSR count). The summed E-state index contributed by atoms with van der Waals surface area (Å²) in [6.45, 7) is 7.98. The summed E-state index contributed by atoms with van der Waals surface area (Å²) in [5.74, 6) is 0.117. The van der Waals surface area contributed by atoms with Crippen LogP contribution in [0.25, 0.3) is 0 Å². The van der Waals surface area contributed by atoms with Crippen LogP contribution in [0, 0.1) is 0 Å². The van der Waals surface area contributed by atoms with E-state index in [1.54, 1.807) is 0 Å². The maximum atomic E-state index is 11.8. The average molecular weight is 216 g/mol. The summed E-state index contributed by atoms with van der Waals surface area (Å²) in [5.41, 5.74) is 5.74. The molecule has 3 nitrogen and oxygen atoms in total. The molecular weight excluding hydrogens is 196 g/mol. The van der Waals surface area contributed by atoms with Crippen molar-refractivity contribution in [2.75, 3.05) is 13.1 Å². The zero-order valence-corrected chi connectivity index (χ0v) is 10.0. The molecular formula is C10H20N2OS. The smallest absolute Gasteiger partial charge is 0.239 e. The summed E-state index contributed by atoms with van der Waals surface area (Å²) in [4.78, 5) is 13.7. The van der Waals surface area contributed by atoms with Crippen LogP contribution in [0.15, 0.2) is 0 Å². The van der Waals surface area contributed by atoms with Crippen molar-refractivity contribution in [1.82, 2.24) is 4.90 Å². The van der Waals surface area contributed by atoms with E-state index in [0.717, 1.165) is 19.5 Å². The minimum atomic E-state index is -0.308. The fourth-order valence-corrected chi connectivity index (χ4v) is 3.09. The molecule has 2 unspecified atom stereocenters. The third-order valence-corrected chi connectivity index (χ3v) is 3.72. The van der Waals surface area contributed by atoms with Crippen LogP contribution in [0.4, 0.5) is 0 Å². The highest BCUT2D eigenvalue weighted by Gasteiger charge is 2.27. The molecule has 82 valence electrons.